The first kappa shape index (κ1) is 14.0. The van der Waals surface area contributed by atoms with Crippen molar-refractivity contribution < 1.29 is 23.1 Å². The van der Waals surface area contributed by atoms with Crippen molar-refractivity contribution in [3.05, 3.63) is 24.3 Å². The van der Waals surface area contributed by atoms with Crippen molar-refractivity contribution in [3.8, 4) is 18.1 Å². The van der Waals surface area contributed by atoms with E-state index in [1.165, 1.54) is 24.3 Å². The van der Waals surface area contributed by atoms with E-state index in [2.05, 4.69) is 10.6 Å². The Labute approximate surface area is 105 Å². The van der Waals surface area contributed by atoms with Gasteiger partial charge in [0.25, 0.3) is 0 Å². The van der Waals surface area contributed by atoms with E-state index >= 15 is 0 Å². The standard InChI is InChI=1S/C11H11NO5S/c1-2-7-12-18(15,16)10-5-3-9(4-6-10)17-8-11(13)14/h1,3-6,12H,7-8H2,(H,13,14). The van der Waals surface area contributed by atoms with Gasteiger partial charge in [0, 0.05) is 0 Å². The third-order valence-electron chi connectivity index (χ3n) is 1.86. The second-order valence-electron chi connectivity index (χ2n) is 3.18. The number of terminal acetylenes is 1. The molecule has 0 aliphatic carbocycles. The van der Waals surface area contributed by atoms with E-state index in [1.54, 1.807) is 0 Å². The lowest BCUT2D eigenvalue weighted by molar-refractivity contribution is -0.139. The average Bonchev–Trinajstić information content (AvgIpc) is 2.34. The van der Waals surface area contributed by atoms with Gasteiger partial charge in [0.15, 0.2) is 6.61 Å². The topological polar surface area (TPSA) is 92.7 Å². The minimum Gasteiger partial charge on any atom is -0.482 e. The zero-order valence-corrected chi connectivity index (χ0v) is 10.1. The van der Waals surface area contributed by atoms with Gasteiger partial charge in [0.1, 0.15) is 5.75 Å². The molecule has 1 aromatic rings. The first-order valence-electron chi connectivity index (χ1n) is 4.83. The van der Waals surface area contributed by atoms with Gasteiger partial charge in [0.2, 0.25) is 10.0 Å². The van der Waals surface area contributed by atoms with Crippen LogP contribution in [0.2, 0.25) is 0 Å². The quantitative estimate of drug-likeness (QED) is 0.712. The lowest BCUT2D eigenvalue weighted by Crippen LogP contribution is -2.23. The molecule has 0 radical (unpaired) electrons. The van der Waals surface area contributed by atoms with Crippen molar-refractivity contribution in [3.63, 3.8) is 0 Å². The van der Waals surface area contributed by atoms with Gasteiger partial charge in [-0.05, 0) is 24.3 Å². The number of hydrogen-bond donors (Lipinski definition) is 2. The van der Waals surface area contributed by atoms with Gasteiger partial charge in [-0.1, -0.05) is 5.92 Å². The summed E-state index contributed by atoms with van der Waals surface area (Å²) in [5.41, 5.74) is 0. The summed E-state index contributed by atoms with van der Waals surface area (Å²) in [4.78, 5) is 10.3. The SMILES string of the molecule is C#CCNS(=O)(=O)c1ccc(OCC(=O)O)cc1. The van der Waals surface area contributed by atoms with Crippen LogP contribution in [0.3, 0.4) is 0 Å². The van der Waals surface area contributed by atoms with E-state index in [0.29, 0.717) is 0 Å². The maximum atomic E-state index is 11.6. The molecule has 0 bridgehead atoms. The molecule has 0 saturated carbocycles. The zero-order chi connectivity index (χ0) is 13.6. The van der Waals surface area contributed by atoms with E-state index in [-0.39, 0.29) is 17.2 Å². The highest BCUT2D eigenvalue weighted by Gasteiger charge is 2.12. The Kier molecular flexibility index (Phi) is 4.71. The van der Waals surface area contributed by atoms with Crippen LogP contribution in [0.5, 0.6) is 5.75 Å². The second-order valence-corrected chi connectivity index (χ2v) is 4.95. The second kappa shape index (κ2) is 6.05. The predicted octanol–water partition coefficient (Wildman–Crippen LogP) is 0.0615. The Morgan fingerprint density at radius 3 is 2.50 bits per heavy atom. The molecule has 18 heavy (non-hydrogen) atoms. The number of ether oxygens (including phenoxy) is 1. The van der Waals surface area contributed by atoms with E-state index in [9.17, 15) is 13.2 Å². The lowest BCUT2D eigenvalue weighted by Gasteiger charge is -2.06. The maximum absolute atomic E-state index is 11.6. The zero-order valence-electron chi connectivity index (χ0n) is 9.29. The molecule has 7 heteroatoms. The highest BCUT2D eigenvalue weighted by Crippen LogP contribution is 2.15. The summed E-state index contributed by atoms with van der Waals surface area (Å²) >= 11 is 0. The van der Waals surface area contributed by atoms with Gasteiger partial charge in [-0.3, -0.25) is 0 Å². The average molecular weight is 269 g/mol. The molecule has 0 unspecified atom stereocenters. The van der Waals surface area contributed by atoms with Gasteiger partial charge in [-0.25, -0.2) is 13.2 Å². The number of carbonyl (C=O) groups is 1. The summed E-state index contributed by atoms with van der Waals surface area (Å²) in [5, 5.41) is 8.41. The number of hydrogen-bond acceptors (Lipinski definition) is 4. The van der Waals surface area contributed by atoms with Crippen LogP contribution < -0.4 is 9.46 Å². The van der Waals surface area contributed by atoms with Crippen molar-refractivity contribution in [2.75, 3.05) is 13.2 Å². The molecule has 0 heterocycles. The molecule has 96 valence electrons. The van der Waals surface area contributed by atoms with Gasteiger partial charge < -0.3 is 9.84 Å². The summed E-state index contributed by atoms with van der Waals surface area (Å²) in [6, 6.07) is 5.34. The third-order valence-corrected chi connectivity index (χ3v) is 3.28. The van der Waals surface area contributed by atoms with Gasteiger partial charge in [0.05, 0.1) is 11.4 Å². The van der Waals surface area contributed by atoms with Crippen LogP contribution in [0, 0.1) is 12.3 Å². The molecule has 0 atom stereocenters. The Morgan fingerprint density at radius 2 is 2.00 bits per heavy atom. The molecule has 2 N–H and O–H groups in total. The highest BCUT2D eigenvalue weighted by molar-refractivity contribution is 7.89. The molecular formula is C11H11NO5S. The molecule has 0 aliphatic rings. The largest absolute Gasteiger partial charge is 0.482 e. The summed E-state index contributed by atoms with van der Waals surface area (Å²) in [5.74, 6) is 1.32. The number of carboxylic acids is 1. The van der Waals surface area contributed by atoms with Crippen LogP contribution in [0.25, 0.3) is 0 Å². The predicted molar refractivity (Wildman–Crippen MR) is 63.6 cm³/mol. The Hall–Kier alpha value is -2.04. The van der Waals surface area contributed by atoms with Crippen LogP contribution in [-0.2, 0) is 14.8 Å². The summed E-state index contributed by atoms with van der Waals surface area (Å²) in [7, 11) is -3.63. The fraction of sp³-hybridized carbons (Fsp3) is 0.182. The molecular weight excluding hydrogens is 258 g/mol. The molecule has 1 rings (SSSR count). The van der Waals surface area contributed by atoms with Crippen LogP contribution in [0.4, 0.5) is 0 Å². The first-order valence-corrected chi connectivity index (χ1v) is 6.32. The van der Waals surface area contributed by atoms with Crippen molar-refractivity contribution in [1.82, 2.24) is 4.72 Å². The van der Waals surface area contributed by atoms with E-state index < -0.39 is 22.6 Å². The van der Waals surface area contributed by atoms with E-state index in [1.807, 2.05) is 0 Å². The number of carboxylic acid groups (broad SMARTS) is 1. The van der Waals surface area contributed by atoms with Crippen LogP contribution in [-0.4, -0.2) is 32.6 Å². The van der Waals surface area contributed by atoms with Crippen molar-refractivity contribution in [2.24, 2.45) is 0 Å². The molecule has 0 aliphatic heterocycles. The van der Waals surface area contributed by atoms with Crippen LogP contribution in [0.15, 0.2) is 29.2 Å². The summed E-state index contributed by atoms with van der Waals surface area (Å²) in [6.07, 6.45) is 4.95. The molecule has 0 aromatic heterocycles. The number of nitrogens with one attached hydrogen (secondary N) is 1. The Balaban J connectivity index is 2.77. The monoisotopic (exact) mass is 269 g/mol. The number of aliphatic carboxylic acids is 1. The number of sulfonamides is 1. The van der Waals surface area contributed by atoms with Crippen molar-refractivity contribution in [2.45, 2.75) is 4.90 Å². The fourth-order valence-corrected chi connectivity index (χ4v) is 2.01. The summed E-state index contributed by atoms with van der Waals surface area (Å²) < 4.78 is 30.3. The summed E-state index contributed by atoms with van der Waals surface area (Å²) in [6.45, 7) is -0.582. The molecule has 0 saturated heterocycles. The van der Waals surface area contributed by atoms with E-state index in [0.717, 1.165) is 0 Å². The van der Waals surface area contributed by atoms with Crippen molar-refractivity contribution >= 4 is 16.0 Å². The molecule has 1 aromatic carbocycles. The minimum absolute atomic E-state index is 0.0282. The van der Waals surface area contributed by atoms with E-state index in [4.69, 9.17) is 16.3 Å². The molecule has 0 spiro atoms. The van der Waals surface area contributed by atoms with Crippen LogP contribution >= 0.6 is 0 Å². The number of benzene rings is 1. The molecule has 0 amide bonds. The lowest BCUT2D eigenvalue weighted by atomic mass is 10.3. The Morgan fingerprint density at radius 1 is 1.39 bits per heavy atom. The molecule has 0 fully saturated rings. The number of rotatable bonds is 6. The van der Waals surface area contributed by atoms with Crippen LogP contribution in [0.1, 0.15) is 0 Å². The fourth-order valence-electron chi connectivity index (χ4n) is 1.08. The van der Waals surface area contributed by atoms with Gasteiger partial charge in [-0.2, -0.15) is 4.72 Å². The Bertz CT molecular complexity index is 556. The minimum atomic E-state index is -3.63. The normalized spacial score (nSPS) is 10.6. The maximum Gasteiger partial charge on any atom is 0.341 e. The van der Waals surface area contributed by atoms with Gasteiger partial charge >= 0.3 is 5.97 Å². The first-order chi connectivity index (χ1) is 8.45. The highest BCUT2D eigenvalue weighted by atomic mass is 32.2. The van der Waals surface area contributed by atoms with Crippen molar-refractivity contribution in [1.29, 1.82) is 0 Å². The van der Waals surface area contributed by atoms with Gasteiger partial charge in [-0.15, -0.1) is 6.42 Å². The third kappa shape index (κ3) is 4.08. The molecule has 6 nitrogen and oxygen atoms in total. The smallest absolute Gasteiger partial charge is 0.341 e.